The number of sulfonamides is 1. The molecule has 1 aliphatic rings. The molecule has 0 aromatic carbocycles. The van der Waals surface area contributed by atoms with Gasteiger partial charge in [-0.2, -0.15) is 0 Å². The van der Waals surface area contributed by atoms with E-state index in [1.807, 2.05) is 6.92 Å². The average Bonchev–Trinajstić information content (AvgIpc) is 2.38. The third-order valence-electron chi connectivity index (χ3n) is 3.28. The van der Waals surface area contributed by atoms with Gasteiger partial charge in [-0.05, 0) is 12.8 Å². The maximum Gasteiger partial charge on any atom is 0.214 e. The Bertz CT molecular complexity index is 381. The molecule has 1 heterocycles. The van der Waals surface area contributed by atoms with Crippen LogP contribution in [0.4, 0.5) is 0 Å². The minimum absolute atomic E-state index is 0.0287. The van der Waals surface area contributed by atoms with Gasteiger partial charge >= 0.3 is 0 Å². The lowest BCUT2D eigenvalue weighted by Crippen LogP contribution is -2.44. The van der Waals surface area contributed by atoms with Crippen molar-refractivity contribution in [1.29, 1.82) is 0 Å². The van der Waals surface area contributed by atoms with Crippen LogP contribution in [0.3, 0.4) is 0 Å². The predicted octanol–water partition coefficient (Wildman–Crippen LogP) is 0.915. The number of nitrogens with zero attached hydrogens (tertiary/aromatic N) is 2. The number of hydrogen-bond donors (Lipinski definition) is 1. The minimum Gasteiger partial charge on any atom is -0.411 e. The summed E-state index contributed by atoms with van der Waals surface area (Å²) >= 11 is 0. The monoisotopic (exact) mass is 278 g/mol. The van der Waals surface area contributed by atoms with E-state index in [1.165, 1.54) is 4.31 Å². The first kappa shape index (κ1) is 15.4. The second-order valence-corrected chi connectivity index (χ2v) is 6.56. The molecule has 0 radical (unpaired) electrons. The van der Waals surface area contributed by atoms with Crippen molar-refractivity contribution in [1.82, 2.24) is 4.31 Å². The van der Waals surface area contributed by atoms with E-state index < -0.39 is 10.0 Å². The van der Waals surface area contributed by atoms with Gasteiger partial charge in [0, 0.05) is 39.1 Å². The Labute approximate surface area is 109 Å². The SMILES string of the molecule is CCC1CN(S(=O)(=O)CCCOC)CCC1=NO. The average molecular weight is 278 g/mol. The van der Waals surface area contributed by atoms with Gasteiger partial charge in [-0.25, -0.2) is 12.7 Å². The van der Waals surface area contributed by atoms with E-state index in [9.17, 15) is 8.42 Å². The van der Waals surface area contributed by atoms with Crippen molar-refractivity contribution in [3.8, 4) is 0 Å². The molecule has 1 unspecified atom stereocenters. The summed E-state index contributed by atoms with van der Waals surface area (Å²) in [6.07, 6.45) is 1.80. The topological polar surface area (TPSA) is 79.2 Å². The molecule has 1 rings (SSSR count). The molecule has 0 aromatic rings. The Morgan fingerprint density at radius 1 is 1.56 bits per heavy atom. The van der Waals surface area contributed by atoms with Crippen LogP contribution in [-0.2, 0) is 14.8 Å². The van der Waals surface area contributed by atoms with Gasteiger partial charge in [0.25, 0.3) is 0 Å². The van der Waals surface area contributed by atoms with Crippen molar-refractivity contribution in [3.05, 3.63) is 0 Å². The fourth-order valence-corrected chi connectivity index (χ4v) is 3.67. The summed E-state index contributed by atoms with van der Waals surface area (Å²) in [5.41, 5.74) is 0.709. The lowest BCUT2D eigenvalue weighted by atomic mass is 9.95. The Kier molecular flexibility index (Phi) is 6.04. The highest BCUT2D eigenvalue weighted by molar-refractivity contribution is 7.89. The van der Waals surface area contributed by atoms with Gasteiger partial charge in [-0.3, -0.25) is 0 Å². The van der Waals surface area contributed by atoms with E-state index in [0.717, 1.165) is 6.42 Å². The Morgan fingerprint density at radius 2 is 2.28 bits per heavy atom. The van der Waals surface area contributed by atoms with Gasteiger partial charge in [-0.15, -0.1) is 0 Å². The summed E-state index contributed by atoms with van der Waals surface area (Å²) in [6.45, 7) is 3.25. The van der Waals surface area contributed by atoms with Crippen LogP contribution in [0.1, 0.15) is 26.2 Å². The van der Waals surface area contributed by atoms with E-state index in [4.69, 9.17) is 9.94 Å². The van der Waals surface area contributed by atoms with Gasteiger partial charge < -0.3 is 9.94 Å². The fraction of sp³-hybridized carbons (Fsp3) is 0.909. The van der Waals surface area contributed by atoms with Crippen LogP contribution in [0.25, 0.3) is 0 Å². The summed E-state index contributed by atoms with van der Waals surface area (Å²) in [7, 11) is -1.65. The Morgan fingerprint density at radius 3 is 2.83 bits per heavy atom. The second kappa shape index (κ2) is 7.06. The molecular weight excluding hydrogens is 256 g/mol. The number of oxime groups is 1. The zero-order valence-electron chi connectivity index (χ0n) is 11.0. The maximum atomic E-state index is 12.1. The molecule has 7 heteroatoms. The highest BCUT2D eigenvalue weighted by atomic mass is 32.2. The summed E-state index contributed by atoms with van der Waals surface area (Å²) in [6, 6.07) is 0. The molecule has 1 aliphatic heterocycles. The highest BCUT2D eigenvalue weighted by Crippen LogP contribution is 2.20. The molecule has 106 valence electrons. The number of piperidine rings is 1. The normalized spacial score (nSPS) is 24.6. The molecule has 1 atom stereocenters. The molecule has 1 saturated heterocycles. The molecule has 0 aliphatic carbocycles. The van der Waals surface area contributed by atoms with Crippen LogP contribution in [0.2, 0.25) is 0 Å². The number of hydrogen-bond acceptors (Lipinski definition) is 5. The van der Waals surface area contributed by atoms with Gasteiger partial charge in [0.05, 0.1) is 11.5 Å². The molecule has 0 aromatic heterocycles. The van der Waals surface area contributed by atoms with Crippen LogP contribution in [-0.4, -0.2) is 56.2 Å². The van der Waals surface area contributed by atoms with Crippen molar-refractivity contribution >= 4 is 15.7 Å². The van der Waals surface area contributed by atoms with Crippen LogP contribution in [0.15, 0.2) is 5.16 Å². The summed E-state index contributed by atoms with van der Waals surface area (Å²) in [5, 5.41) is 12.1. The Balaban J connectivity index is 2.62. The van der Waals surface area contributed by atoms with E-state index in [-0.39, 0.29) is 11.7 Å². The number of rotatable bonds is 6. The smallest absolute Gasteiger partial charge is 0.214 e. The molecule has 6 nitrogen and oxygen atoms in total. The summed E-state index contributed by atoms with van der Waals surface area (Å²) in [4.78, 5) is 0. The lowest BCUT2D eigenvalue weighted by Gasteiger charge is -2.31. The maximum absolute atomic E-state index is 12.1. The first-order valence-corrected chi connectivity index (χ1v) is 7.83. The molecule has 0 bridgehead atoms. The quantitative estimate of drug-likeness (QED) is 0.445. The first-order chi connectivity index (χ1) is 8.55. The third-order valence-corrected chi connectivity index (χ3v) is 5.20. The third kappa shape index (κ3) is 3.93. The van der Waals surface area contributed by atoms with E-state index in [2.05, 4.69) is 5.16 Å². The predicted molar refractivity (Wildman–Crippen MR) is 69.5 cm³/mol. The van der Waals surface area contributed by atoms with Crippen molar-refractivity contribution in [3.63, 3.8) is 0 Å². The van der Waals surface area contributed by atoms with Crippen LogP contribution in [0, 0.1) is 5.92 Å². The summed E-state index contributed by atoms with van der Waals surface area (Å²) < 4.78 is 30.5. The largest absolute Gasteiger partial charge is 0.411 e. The zero-order valence-corrected chi connectivity index (χ0v) is 11.8. The molecule has 1 fully saturated rings. The molecular formula is C11H22N2O4S. The molecule has 0 saturated carbocycles. The van der Waals surface area contributed by atoms with E-state index in [1.54, 1.807) is 7.11 Å². The van der Waals surface area contributed by atoms with E-state index >= 15 is 0 Å². The lowest BCUT2D eigenvalue weighted by molar-refractivity contribution is 0.199. The minimum atomic E-state index is -3.21. The zero-order chi connectivity index (χ0) is 13.6. The van der Waals surface area contributed by atoms with Crippen molar-refractivity contribution in [2.24, 2.45) is 11.1 Å². The van der Waals surface area contributed by atoms with Crippen molar-refractivity contribution in [2.75, 3.05) is 32.6 Å². The molecule has 0 amide bonds. The molecule has 0 spiro atoms. The van der Waals surface area contributed by atoms with Gasteiger partial charge in [0.15, 0.2) is 0 Å². The molecule has 18 heavy (non-hydrogen) atoms. The van der Waals surface area contributed by atoms with Crippen molar-refractivity contribution < 1.29 is 18.4 Å². The highest BCUT2D eigenvalue weighted by Gasteiger charge is 2.31. The van der Waals surface area contributed by atoms with Crippen LogP contribution < -0.4 is 0 Å². The summed E-state index contributed by atoms with van der Waals surface area (Å²) in [5.74, 6) is 0.143. The second-order valence-electron chi connectivity index (χ2n) is 4.47. The number of methoxy groups -OCH3 is 1. The Hall–Kier alpha value is -0.660. The van der Waals surface area contributed by atoms with Gasteiger partial charge in [0.1, 0.15) is 0 Å². The standard InChI is InChI=1S/C11H22N2O4S/c1-3-10-9-13(6-5-11(10)12-14)18(15,16)8-4-7-17-2/h10,14H,3-9H2,1-2H3. The van der Waals surface area contributed by atoms with Crippen molar-refractivity contribution in [2.45, 2.75) is 26.2 Å². The molecule has 1 N–H and O–H groups in total. The number of ether oxygens (including phenoxy) is 1. The van der Waals surface area contributed by atoms with Gasteiger partial charge in [-0.1, -0.05) is 12.1 Å². The van der Waals surface area contributed by atoms with E-state index in [0.29, 0.717) is 38.2 Å². The fourth-order valence-electron chi connectivity index (χ4n) is 2.15. The first-order valence-electron chi connectivity index (χ1n) is 6.22. The van der Waals surface area contributed by atoms with Crippen LogP contribution >= 0.6 is 0 Å². The van der Waals surface area contributed by atoms with Crippen LogP contribution in [0.5, 0.6) is 0 Å². The van der Waals surface area contributed by atoms with Gasteiger partial charge in [0.2, 0.25) is 10.0 Å².